The number of carbonyl (C=O) groups is 1. The maximum atomic E-state index is 12.0. The Morgan fingerprint density at radius 2 is 2.39 bits per heavy atom. The predicted octanol–water partition coefficient (Wildman–Crippen LogP) is 2.34. The maximum Gasteiger partial charge on any atom is 0.225 e. The average Bonchev–Trinajstić information content (AvgIpc) is 2.86. The number of ether oxygens (including phenoxy) is 1. The number of thiazole rings is 1. The van der Waals surface area contributed by atoms with Crippen molar-refractivity contribution in [2.24, 2.45) is 0 Å². The van der Waals surface area contributed by atoms with Gasteiger partial charge in [0.15, 0.2) is 3.95 Å². The number of hydrogen-bond donors (Lipinski definition) is 2. The molecule has 2 atom stereocenters. The molecule has 0 unspecified atom stereocenters. The molecule has 0 radical (unpaired) electrons. The van der Waals surface area contributed by atoms with Crippen LogP contribution in [0.15, 0.2) is 0 Å². The number of aromatic nitrogens is 1. The fourth-order valence-electron chi connectivity index (χ4n) is 2.38. The van der Waals surface area contributed by atoms with Crippen molar-refractivity contribution in [3.63, 3.8) is 0 Å². The van der Waals surface area contributed by atoms with Gasteiger partial charge >= 0.3 is 0 Å². The van der Waals surface area contributed by atoms with Crippen LogP contribution in [0.25, 0.3) is 0 Å². The van der Waals surface area contributed by atoms with E-state index in [4.69, 9.17) is 17.0 Å². The summed E-state index contributed by atoms with van der Waals surface area (Å²) in [6, 6.07) is 0.162. The molecule has 4 nitrogen and oxygen atoms in total. The smallest absolute Gasteiger partial charge is 0.225 e. The Morgan fingerprint density at radius 3 is 3.00 bits per heavy atom. The van der Waals surface area contributed by atoms with Gasteiger partial charge in [0.25, 0.3) is 0 Å². The first-order valence-electron chi connectivity index (χ1n) is 6.11. The van der Waals surface area contributed by atoms with E-state index in [0.29, 0.717) is 6.42 Å². The zero-order chi connectivity index (χ0) is 13.1. The third-order valence-corrected chi connectivity index (χ3v) is 4.68. The summed E-state index contributed by atoms with van der Waals surface area (Å²) in [5.74, 6) is 0.0531. The molecule has 1 aromatic heterocycles. The third-order valence-electron chi connectivity index (χ3n) is 3.35. The summed E-state index contributed by atoms with van der Waals surface area (Å²) in [6.07, 6.45) is 3.72. The number of nitrogens with one attached hydrogen (secondary N) is 2. The second kappa shape index (κ2) is 5.95. The van der Waals surface area contributed by atoms with E-state index in [2.05, 4.69) is 10.3 Å². The minimum atomic E-state index is 0.0531. The zero-order valence-corrected chi connectivity index (χ0v) is 12.2. The summed E-state index contributed by atoms with van der Waals surface area (Å²) >= 11 is 6.54. The summed E-state index contributed by atoms with van der Waals surface area (Å²) in [4.78, 5) is 16.1. The van der Waals surface area contributed by atoms with Gasteiger partial charge in [0.05, 0.1) is 18.6 Å². The molecule has 1 heterocycles. The lowest BCUT2D eigenvalue weighted by Crippen LogP contribution is -2.41. The molecule has 6 heteroatoms. The highest BCUT2D eigenvalue weighted by atomic mass is 32.1. The lowest BCUT2D eigenvalue weighted by Gasteiger charge is -2.19. The van der Waals surface area contributed by atoms with Gasteiger partial charge in [-0.3, -0.25) is 4.79 Å². The Morgan fingerprint density at radius 1 is 1.61 bits per heavy atom. The van der Waals surface area contributed by atoms with Gasteiger partial charge in [-0.15, -0.1) is 11.3 Å². The molecule has 2 rings (SSSR count). The lowest BCUT2D eigenvalue weighted by molar-refractivity contribution is -0.121. The molecule has 0 saturated heterocycles. The van der Waals surface area contributed by atoms with E-state index < -0.39 is 0 Å². The van der Waals surface area contributed by atoms with E-state index >= 15 is 0 Å². The van der Waals surface area contributed by atoms with Crippen LogP contribution in [-0.4, -0.2) is 30.1 Å². The molecular formula is C12H18N2O2S2. The molecule has 1 saturated carbocycles. The Kier molecular flexibility index (Phi) is 4.53. The minimum Gasteiger partial charge on any atom is -0.379 e. The predicted molar refractivity (Wildman–Crippen MR) is 74.5 cm³/mol. The van der Waals surface area contributed by atoms with E-state index in [1.54, 1.807) is 7.11 Å². The SMILES string of the molecule is CO[C@H]1CCC[C@@H]1NC(=O)Cc1sc(=S)[nH]c1C. The second-order valence-corrected chi connectivity index (χ2v) is 6.39. The molecule has 0 spiro atoms. The van der Waals surface area contributed by atoms with Gasteiger partial charge in [-0.2, -0.15) is 0 Å². The Labute approximate surface area is 116 Å². The summed E-state index contributed by atoms with van der Waals surface area (Å²) in [7, 11) is 1.71. The molecule has 1 aliphatic rings. The molecule has 1 aromatic rings. The van der Waals surface area contributed by atoms with E-state index in [1.807, 2.05) is 6.92 Å². The minimum absolute atomic E-state index is 0.0531. The molecule has 0 bridgehead atoms. The summed E-state index contributed by atoms with van der Waals surface area (Å²) < 4.78 is 6.10. The number of rotatable bonds is 4. The zero-order valence-electron chi connectivity index (χ0n) is 10.6. The number of aryl methyl sites for hydroxylation is 1. The van der Waals surface area contributed by atoms with Crippen molar-refractivity contribution in [2.45, 2.75) is 44.8 Å². The standard InChI is InChI=1S/C12H18N2O2S2/c1-7-10(18-12(17)13-7)6-11(15)14-8-4-3-5-9(8)16-2/h8-9H,3-6H2,1-2H3,(H,13,17)(H,14,15)/t8-,9-/m0/s1. The van der Waals surface area contributed by atoms with Gasteiger partial charge in [-0.25, -0.2) is 0 Å². The summed E-state index contributed by atoms with van der Waals surface area (Å²) in [6.45, 7) is 1.95. The first kappa shape index (κ1) is 13.7. The van der Waals surface area contributed by atoms with E-state index in [1.165, 1.54) is 11.3 Å². The van der Waals surface area contributed by atoms with Gasteiger partial charge in [-0.05, 0) is 38.4 Å². The summed E-state index contributed by atoms with van der Waals surface area (Å²) in [5, 5.41) is 3.06. The van der Waals surface area contributed by atoms with Crippen molar-refractivity contribution in [3.05, 3.63) is 14.5 Å². The first-order chi connectivity index (χ1) is 8.60. The van der Waals surface area contributed by atoms with E-state index in [9.17, 15) is 4.79 Å². The fourth-order valence-corrected chi connectivity index (χ4v) is 3.67. The van der Waals surface area contributed by atoms with Gasteiger partial charge in [0.2, 0.25) is 5.91 Å². The number of aromatic amines is 1. The largest absolute Gasteiger partial charge is 0.379 e. The van der Waals surface area contributed by atoms with Crippen LogP contribution in [0.1, 0.15) is 29.8 Å². The molecule has 1 aliphatic carbocycles. The molecule has 1 fully saturated rings. The molecule has 18 heavy (non-hydrogen) atoms. The number of hydrogen-bond acceptors (Lipinski definition) is 4. The molecule has 0 aromatic carbocycles. The molecule has 0 aliphatic heterocycles. The number of amides is 1. The quantitative estimate of drug-likeness (QED) is 0.835. The maximum absolute atomic E-state index is 12.0. The highest BCUT2D eigenvalue weighted by Crippen LogP contribution is 2.22. The van der Waals surface area contributed by atoms with Crippen LogP contribution < -0.4 is 5.32 Å². The van der Waals surface area contributed by atoms with Gasteiger partial charge in [-0.1, -0.05) is 0 Å². The van der Waals surface area contributed by atoms with Crippen molar-refractivity contribution in [3.8, 4) is 0 Å². The Balaban J connectivity index is 1.92. The van der Waals surface area contributed by atoms with Crippen molar-refractivity contribution in [1.29, 1.82) is 0 Å². The Hall–Kier alpha value is -0.720. The molecule has 1 amide bonds. The lowest BCUT2D eigenvalue weighted by atomic mass is 10.2. The van der Waals surface area contributed by atoms with Crippen LogP contribution >= 0.6 is 23.6 Å². The van der Waals surface area contributed by atoms with Gasteiger partial charge in [0.1, 0.15) is 0 Å². The highest BCUT2D eigenvalue weighted by molar-refractivity contribution is 7.73. The van der Waals surface area contributed by atoms with Crippen LogP contribution in [0, 0.1) is 10.9 Å². The van der Waals surface area contributed by atoms with Crippen molar-refractivity contribution >= 4 is 29.5 Å². The van der Waals surface area contributed by atoms with Crippen molar-refractivity contribution in [1.82, 2.24) is 10.3 Å². The monoisotopic (exact) mass is 286 g/mol. The number of carbonyl (C=O) groups excluding carboxylic acids is 1. The number of methoxy groups -OCH3 is 1. The topological polar surface area (TPSA) is 54.1 Å². The first-order valence-corrected chi connectivity index (χ1v) is 7.33. The van der Waals surface area contributed by atoms with Crippen LogP contribution in [0.5, 0.6) is 0 Å². The normalized spacial score (nSPS) is 23.2. The summed E-state index contributed by atoms with van der Waals surface area (Å²) in [5.41, 5.74) is 0.995. The second-order valence-electron chi connectivity index (χ2n) is 4.62. The van der Waals surface area contributed by atoms with Crippen LogP contribution in [0.4, 0.5) is 0 Å². The van der Waals surface area contributed by atoms with Crippen LogP contribution in [-0.2, 0) is 16.0 Å². The van der Waals surface area contributed by atoms with Gasteiger partial charge in [0, 0.05) is 17.7 Å². The van der Waals surface area contributed by atoms with E-state index in [-0.39, 0.29) is 18.1 Å². The molecule has 2 N–H and O–H groups in total. The van der Waals surface area contributed by atoms with Crippen molar-refractivity contribution in [2.75, 3.05) is 7.11 Å². The Bertz CT molecular complexity index is 481. The van der Waals surface area contributed by atoms with Crippen LogP contribution in [0.3, 0.4) is 0 Å². The molecule has 100 valence electrons. The highest BCUT2D eigenvalue weighted by Gasteiger charge is 2.28. The van der Waals surface area contributed by atoms with Gasteiger partial charge < -0.3 is 15.0 Å². The van der Waals surface area contributed by atoms with Crippen LogP contribution in [0.2, 0.25) is 0 Å². The van der Waals surface area contributed by atoms with E-state index in [0.717, 1.165) is 33.8 Å². The average molecular weight is 286 g/mol. The van der Waals surface area contributed by atoms with Crippen molar-refractivity contribution < 1.29 is 9.53 Å². The third kappa shape index (κ3) is 3.18. The molecular weight excluding hydrogens is 268 g/mol. The number of H-pyrrole nitrogens is 1. The fraction of sp³-hybridized carbons (Fsp3) is 0.667.